The van der Waals surface area contributed by atoms with E-state index in [9.17, 15) is 14.7 Å². The largest absolute Gasteiger partial charge is 0.548 e. The minimum Gasteiger partial charge on any atom is -0.548 e. The van der Waals surface area contributed by atoms with Crippen LogP contribution in [0.15, 0.2) is 71.3 Å². The van der Waals surface area contributed by atoms with Gasteiger partial charge in [0, 0.05) is 29.1 Å². The molecule has 2 heterocycles. The van der Waals surface area contributed by atoms with Crippen LogP contribution in [0.4, 0.5) is 0 Å². The Bertz CT molecular complexity index is 1170. The van der Waals surface area contributed by atoms with Gasteiger partial charge < -0.3 is 24.6 Å². The first-order valence-corrected chi connectivity index (χ1v) is 9.25. The molecule has 6 nitrogen and oxygen atoms in total. The summed E-state index contributed by atoms with van der Waals surface area (Å²) in [5.74, 6) is -0.879. The fraction of sp³-hybridized carbons (Fsp3) is 0.130. The molecule has 2 N–H and O–H groups in total. The predicted molar refractivity (Wildman–Crippen MR) is 107 cm³/mol. The number of nitrogens with one attached hydrogen (secondary N) is 2. The smallest absolute Gasteiger partial charge is 0.255 e. The molecule has 0 radical (unpaired) electrons. The van der Waals surface area contributed by atoms with Crippen molar-refractivity contribution in [1.82, 2.24) is 10.3 Å². The summed E-state index contributed by atoms with van der Waals surface area (Å²) in [6, 6.07) is 17.4. The van der Waals surface area contributed by atoms with Crippen LogP contribution in [-0.4, -0.2) is 22.9 Å². The Kier molecular flexibility index (Phi) is 4.91. The molecule has 4 aromatic rings. The molecule has 0 fully saturated rings. The highest BCUT2D eigenvalue weighted by atomic mass is 16.4. The molecule has 146 valence electrons. The zero-order valence-electron chi connectivity index (χ0n) is 15.8. The van der Waals surface area contributed by atoms with Gasteiger partial charge in [-0.2, -0.15) is 0 Å². The summed E-state index contributed by atoms with van der Waals surface area (Å²) < 4.78 is 5.70. The number of aromatic nitrogens is 1. The molecular weight excluding hydrogens is 368 g/mol. The normalized spacial score (nSPS) is 12.0. The maximum Gasteiger partial charge on any atom is 0.255 e. The lowest BCUT2D eigenvalue weighted by atomic mass is 10.0. The lowest BCUT2D eigenvalue weighted by Gasteiger charge is -2.19. The molecule has 4 rings (SSSR count). The topological polar surface area (TPSA) is 98.2 Å². The van der Waals surface area contributed by atoms with Crippen molar-refractivity contribution in [2.24, 2.45) is 0 Å². The van der Waals surface area contributed by atoms with Crippen molar-refractivity contribution >= 4 is 22.8 Å². The highest BCUT2D eigenvalue weighted by Crippen LogP contribution is 2.25. The molecular formula is C23H19N2O4-. The van der Waals surface area contributed by atoms with Crippen LogP contribution < -0.4 is 10.4 Å². The zero-order valence-corrected chi connectivity index (χ0v) is 15.8. The summed E-state index contributed by atoms with van der Waals surface area (Å²) in [5, 5.41) is 15.2. The number of amides is 1. The number of hydrogen-bond donors (Lipinski definition) is 2. The molecule has 0 aliphatic heterocycles. The average molecular weight is 387 g/mol. The molecule has 0 aliphatic rings. The number of carbonyl (C=O) groups excluding carboxylic acids is 2. The summed E-state index contributed by atoms with van der Waals surface area (Å²) in [6.45, 7) is 1.68. The summed E-state index contributed by atoms with van der Waals surface area (Å²) >= 11 is 0. The number of hydrogen-bond acceptors (Lipinski definition) is 4. The van der Waals surface area contributed by atoms with Gasteiger partial charge in [-0.1, -0.05) is 48.5 Å². The predicted octanol–water partition coefficient (Wildman–Crippen LogP) is 2.83. The lowest BCUT2D eigenvalue weighted by molar-refractivity contribution is -0.308. The van der Waals surface area contributed by atoms with Crippen LogP contribution in [0.3, 0.4) is 0 Å². The second-order valence-electron chi connectivity index (χ2n) is 6.86. The number of carboxylic acid groups (broad SMARTS) is 1. The lowest BCUT2D eigenvalue weighted by Crippen LogP contribution is -2.49. The van der Waals surface area contributed by atoms with Crippen molar-refractivity contribution in [2.45, 2.75) is 19.4 Å². The van der Waals surface area contributed by atoms with Gasteiger partial charge in [-0.3, -0.25) is 4.79 Å². The number of benzene rings is 2. The molecule has 1 amide bonds. The molecule has 2 aromatic carbocycles. The number of aryl methyl sites for hydroxylation is 1. The molecule has 6 heteroatoms. The van der Waals surface area contributed by atoms with E-state index in [1.807, 2.05) is 54.6 Å². The molecule has 29 heavy (non-hydrogen) atoms. The van der Waals surface area contributed by atoms with Crippen LogP contribution in [0.25, 0.3) is 22.2 Å². The average Bonchev–Trinajstić information content (AvgIpc) is 3.32. The summed E-state index contributed by atoms with van der Waals surface area (Å²) in [4.78, 5) is 27.5. The third kappa shape index (κ3) is 3.78. The van der Waals surface area contributed by atoms with Crippen molar-refractivity contribution in [3.05, 3.63) is 83.7 Å². The van der Waals surface area contributed by atoms with E-state index >= 15 is 0 Å². The van der Waals surface area contributed by atoms with Crippen molar-refractivity contribution in [2.75, 3.05) is 0 Å². The van der Waals surface area contributed by atoms with Crippen molar-refractivity contribution in [3.8, 4) is 11.3 Å². The first-order valence-electron chi connectivity index (χ1n) is 9.25. The number of carboxylic acids is 1. The fourth-order valence-corrected chi connectivity index (χ4v) is 3.40. The first-order chi connectivity index (χ1) is 14.0. The highest BCUT2D eigenvalue weighted by Gasteiger charge is 2.21. The number of furan rings is 1. The molecule has 0 aliphatic carbocycles. The molecule has 0 saturated carbocycles. The molecule has 0 spiro atoms. The number of fused-ring (bicyclic) bond motifs is 1. The quantitative estimate of drug-likeness (QED) is 0.531. The minimum absolute atomic E-state index is 0.112. The maximum absolute atomic E-state index is 12.7. The van der Waals surface area contributed by atoms with Gasteiger partial charge in [-0.25, -0.2) is 0 Å². The maximum atomic E-state index is 12.7. The number of para-hydroxylation sites is 1. The van der Waals surface area contributed by atoms with Crippen molar-refractivity contribution in [1.29, 1.82) is 0 Å². The van der Waals surface area contributed by atoms with Gasteiger partial charge in [0.15, 0.2) is 0 Å². The Labute approximate surface area is 167 Å². The third-order valence-electron chi connectivity index (χ3n) is 4.91. The van der Waals surface area contributed by atoms with Crippen LogP contribution >= 0.6 is 0 Å². The van der Waals surface area contributed by atoms with E-state index in [0.29, 0.717) is 17.1 Å². The summed E-state index contributed by atoms with van der Waals surface area (Å²) in [5.41, 5.74) is 2.84. The van der Waals surface area contributed by atoms with Gasteiger partial charge in [0.1, 0.15) is 11.5 Å². The van der Waals surface area contributed by atoms with E-state index in [0.717, 1.165) is 22.0 Å². The van der Waals surface area contributed by atoms with E-state index < -0.39 is 17.9 Å². The molecule has 0 saturated heterocycles. The molecule has 0 unspecified atom stereocenters. The van der Waals surface area contributed by atoms with Crippen LogP contribution in [0.5, 0.6) is 0 Å². The van der Waals surface area contributed by atoms with Gasteiger partial charge in [-0.15, -0.1) is 0 Å². The number of aromatic amines is 1. The molecule has 2 aromatic heterocycles. The van der Waals surface area contributed by atoms with E-state index in [-0.39, 0.29) is 6.42 Å². The monoisotopic (exact) mass is 387 g/mol. The Morgan fingerprint density at radius 2 is 1.83 bits per heavy atom. The van der Waals surface area contributed by atoms with Crippen LogP contribution in [0.2, 0.25) is 0 Å². The number of aliphatic carboxylic acids is 1. The second kappa shape index (κ2) is 7.67. The van der Waals surface area contributed by atoms with Gasteiger partial charge in [-0.05, 0) is 24.6 Å². The van der Waals surface area contributed by atoms with Crippen LogP contribution in [0.1, 0.15) is 21.7 Å². The fourth-order valence-electron chi connectivity index (χ4n) is 3.40. The highest BCUT2D eigenvalue weighted by molar-refractivity contribution is 5.98. The Balaban J connectivity index is 1.55. The standard InChI is InChI=1S/C23H20N2O4/c1-14-18(12-21(29-14)15-7-3-2-4-8-15)22(26)25-20(23(27)28)11-16-13-24-19-10-6-5-9-17(16)19/h2-10,12-13,20,24H,11H2,1H3,(H,25,26)(H,27,28)/p-1/t20-/m1/s1. The van der Waals surface area contributed by atoms with E-state index in [2.05, 4.69) is 10.3 Å². The molecule has 0 bridgehead atoms. The van der Waals surface area contributed by atoms with Crippen LogP contribution in [-0.2, 0) is 11.2 Å². The van der Waals surface area contributed by atoms with Gasteiger partial charge >= 0.3 is 0 Å². The van der Waals surface area contributed by atoms with Crippen LogP contribution in [0, 0.1) is 6.92 Å². The minimum atomic E-state index is -1.34. The number of H-pyrrole nitrogens is 1. The van der Waals surface area contributed by atoms with Gasteiger partial charge in [0.2, 0.25) is 0 Å². The number of carbonyl (C=O) groups is 2. The van der Waals surface area contributed by atoms with Gasteiger partial charge in [0.05, 0.1) is 17.6 Å². The Hall–Kier alpha value is -3.80. The first kappa shape index (κ1) is 18.6. The third-order valence-corrected chi connectivity index (χ3v) is 4.91. The van der Waals surface area contributed by atoms with Crippen molar-refractivity contribution < 1.29 is 19.1 Å². The number of rotatable bonds is 6. The van der Waals surface area contributed by atoms with E-state index in [1.165, 1.54) is 0 Å². The zero-order chi connectivity index (χ0) is 20.4. The summed E-state index contributed by atoms with van der Waals surface area (Å²) in [6.07, 6.45) is 1.86. The Morgan fingerprint density at radius 3 is 2.59 bits per heavy atom. The SMILES string of the molecule is Cc1oc(-c2ccccc2)cc1C(=O)N[C@H](Cc1c[nH]c2ccccc12)C(=O)[O-]. The molecule has 1 atom stereocenters. The summed E-state index contributed by atoms with van der Waals surface area (Å²) in [7, 11) is 0. The van der Waals surface area contributed by atoms with E-state index in [1.54, 1.807) is 19.2 Å². The Morgan fingerprint density at radius 1 is 1.10 bits per heavy atom. The van der Waals surface area contributed by atoms with Gasteiger partial charge in [0.25, 0.3) is 5.91 Å². The van der Waals surface area contributed by atoms with E-state index in [4.69, 9.17) is 4.42 Å². The van der Waals surface area contributed by atoms with Crippen molar-refractivity contribution in [3.63, 3.8) is 0 Å². The second-order valence-corrected chi connectivity index (χ2v) is 6.86.